The zero-order valence-electron chi connectivity index (χ0n) is 15.2. The maximum atomic E-state index is 12.7. The zero-order chi connectivity index (χ0) is 18.9. The second-order valence-electron chi connectivity index (χ2n) is 6.96. The SMILES string of the molecule is COc1cccc(CC(=O)N2CCC3(CC2)OCc2cc(Br)ccc2O3)c1. The Balaban J connectivity index is 1.37. The van der Waals surface area contributed by atoms with E-state index in [0.29, 0.717) is 39.0 Å². The van der Waals surface area contributed by atoms with Crippen molar-refractivity contribution < 1.29 is 19.0 Å². The van der Waals surface area contributed by atoms with Crippen molar-refractivity contribution in [3.63, 3.8) is 0 Å². The third-order valence-electron chi connectivity index (χ3n) is 5.18. The lowest BCUT2D eigenvalue weighted by atomic mass is 10.0. The van der Waals surface area contributed by atoms with Gasteiger partial charge in [0.1, 0.15) is 11.5 Å². The van der Waals surface area contributed by atoms with Crippen LogP contribution in [0.2, 0.25) is 0 Å². The summed E-state index contributed by atoms with van der Waals surface area (Å²) in [6.45, 7) is 1.80. The standard InChI is InChI=1S/C21H22BrNO4/c1-25-18-4-2-3-15(11-18)12-20(24)23-9-7-21(8-10-23)26-14-16-13-17(22)5-6-19(16)27-21/h2-6,11,13H,7-10,12,14H2,1H3. The molecule has 6 heteroatoms. The van der Waals surface area contributed by atoms with E-state index in [0.717, 1.165) is 27.1 Å². The monoisotopic (exact) mass is 431 g/mol. The lowest BCUT2D eigenvalue weighted by molar-refractivity contribution is -0.227. The van der Waals surface area contributed by atoms with E-state index in [9.17, 15) is 4.79 Å². The number of carbonyl (C=O) groups is 1. The minimum absolute atomic E-state index is 0.123. The van der Waals surface area contributed by atoms with Crippen LogP contribution in [0.1, 0.15) is 24.0 Å². The molecule has 2 heterocycles. The van der Waals surface area contributed by atoms with Gasteiger partial charge < -0.3 is 19.1 Å². The number of halogens is 1. The molecule has 2 aromatic carbocycles. The van der Waals surface area contributed by atoms with Gasteiger partial charge in [-0.25, -0.2) is 0 Å². The van der Waals surface area contributed by atoms with E-state index in [-0.39, 0.29) is 5.91 Å². The average Bonchev–Trinajstić information content (AvgIpc) is 2.69. The van der Waals surface area contributed by atoms with Crippen molar-refractivity contribution in [1.82, 2.24) is 4.90 Å². The first-order valence-corrected chi connectivity index (χ1v) is 9.88. The molecule has 1 fully saturated rings. The normalized spacial score (nSPS) is 17.9. The number of benzene rings is 2. The fourth-order valence-corrected chi connectivity index (χ4v) is 4.02. The molecular formula is C21H22BrNO4. The fourth-order valence-electron chi connectivity index (χ4n) is 3.61. The van der Waals surface area contributed by atoms with Crippen molar-refractivity contribution in [3.05, 3.63) is 58.1 Å². The van der Waals surface area contributed by atoms with E-state index < -0.39 is 5.79 Å². The van der Waals surface area contributed by atoms with Crippen LogP contribution in [0.3, 0.4) is 0 Å². The second-order valence-corrected chi connectivity index (χ2v) is 7.88. The van der Waals surface area contributed by atoms with E-state index in [4.69, 9.17) is 14.2 Å². The Hall–Kier alpha value is -2.05. The Morgan fingerprint density at radius 2 is 2.04 bits per heavy atom. The zero-order valence-corrected chi connectivity index (χ0v) is 16.8. The Morgan fingerprint density at radius 1 is 1.22 bits per heavy atom. The summed E-state index contributed by atoms with van der Waals surface area (Å²) in [7, 11) is 1.63. The lowest BCUT2D eigenvalue weighted by Gasteiger charge is -2.44. The number of hydrogen-bond acceptors (Lipinski definition) is 4. The van der Waals surface area contributed by atoms with E-state index in [2.05, 4.69) is 15.9 Å². The van der Waals surface area contributed by atoms with E-state index >= 15 is 0 Å². The number of ether oxygens (including phenoxy) is 3. The second kappa shape index (κ2) is 7.52. The van der Waals surface area contributed by atoms with E-state index in [1.165, 1.54) is 0 Å². The molecule has 0 bridgehead atoms. The first-order valence-electron chi connectivity index (χ1n) is 9.09. The number of piperidine rings is 1. The summed E-state index contributed by atoms with van der Waals surface area (Å²) < 4.78 is 18.5. The summed E-state index contributed by atoms with van der Waals surface area (Å²) >= 11 is 3.47. The number of rotatable bonds is 3. The number of amides is 1. The van der Waals surface area contributed by atoms with Crippen LogP contribution >= 0.6 is 15.9 Å². The van der Waals surface area contributed by atoms with Gasteiger partial charge >= 0.3 is 0 Å². The summed E-state index contributed by atoms with van der Waals surface area (Å²) in [6, 6.07) is 13.6. The molecular weight excluding hydrogens is 410 g/mol. The van der Waals surface area contributed by atoms with E-state index in [1.807, 2.05) is 47.4 Å². The van der Waals surface area contributed by atoms with Gasteiger partial charge in [-0.05, 0) is 35.9 Å². The van der Waals surface area contributed by atoms with Crippen LogP contribution in [0.4, 0.5) is 0 Å². The molecule has 1 amide bonds. The van der Waals surface area contributed by atoms with Crippen LogP contribution in [0.5, 0.6) is 11.5 Å². The highest BCUT2D eigenvalue weighted by atomic mass is 79.9. The van der Waals surface area contributed by atoms with Crippen LogP contribution in [-0.4, -0.2) is 36.8 Å². The molecule has 0 radical (unpaired) electrons. The predicted octanol–water partition coefficient (Wildman–Crippen LogP) is 3.93. The maximum absolute atomic E-state index is 12.7. The number of hydrogen-bond donors (Lipinski definition) is 0. The topological polar surface area (TPSA) is 48.0 Å². The van der Waals surface area contributed by atoms with Crippen molar-refractivity contribution >= 4 is 21.8 Å². The summed E-state index contributed by atoms with van der Waals surface area (Å²) in [4.78, 5) is 14.6. The van der Waals surface area contributed by atoms with Crippen LogP contribution < -0.4 is 9.47 Å². The lowest BCUT2D eigenvalue weighted by Crippen LogP contribution is -2.52. The van der Waals surface area contributed by atoms with Gasteiger partial charge in [0.15, 0.2) is 0 Å². The summed E-state index contributed by atoms with van der Waals surface area (Å²) in [6.07, 6.45) is 1.72. The Bertz CT molecular complexity index is 846. The van der Waals surface area contributed by atoms with Crippen molar-refractivity contribution in [2.45, 2.75) is 31.7 Å². The first kappa shape index (κ1) is 18.3. The van der Waals surface area contributed by atoms with Crippen molar-refractivity contribution in [2.75, 3.05) is 20.2 Å². The van der Waals surface area contributed by atoms with Crippen LogP contribution in [-0.2, 0) is 22.6 Å². The van der Waals surface area contributed by atoms with Gasteiger partial charge in [0, 0.05) is 36.0 Å². The highest BCUT2D eigenvalue weighted by Crippen LogP contribution is 2.38. The average molecular weight is 432 g/mol. The Labute approximate surface area is 167 Å². The van der Waals surface area contributed by atoms with Gasteiger partial charge in [0.05, 0.1) is 20.1 Å². The Morgan fingerprint density at radius 3 is 2.81 bits per heavy atom. The molecule has 2 aromatic rings. The molecule has 0 unspecified atom stereocenters. The highest BCUT2D eigenvalue weighted by molar-refractivity contribution is 9.10. The molecule has 27 heavy (non-hydrogen) atoms. The van der Waals surface area contributed by atoms with Gasteiger partial charge in [-0.1, -0.05) is 28.1 Å². The molecule has 0 N–H and O–H groups in total. The molecule has 2 aliphatic heterocycles. The molecule has 2 aliphatic rings. The first-order chi connectivity index (χ1) is 13.1. The van der Waals surface area contributed by atoms with Crippen molar-refractivity contribution in [3.8, 4) is 11.5 Å². The Kier molecular flexibility index (Phi) is 5.10. The molecule has 5 nitrogen and oxygen atoms in total. The van der Waals surface area contributed by atoms with Crippen molar-refractivity contribution in [2.24, 2.45) is 0 Å². The molecule has 0 atom stereocenters. The summed E-state index contributed by atoms with van der Waals surface area (Å²) in [5.41, 5.74) is 2.01. The van der Waals surface area contributed by atoms with Gasteiger partial charge in [-0.3, -0.25) is 4.79 Å². The largest absolute Gasteiger partial charge is 0.497 e. The molecule has 4 rings (SSSR count). The molecule has 0 aromatic heterocycles. The minimum atomic E-state index is -0.617. The van der Waals surface area contributed by atoms with Gasteiger partial charge in [0.2, 0.25) is 11.7 Å². The van der Waals surface area contributed by atoms with Crippen LogP contribution in [0, 0.1) is 0 Å². The number of fused-ring (bicyclic) bond motifs is 1. The minimum Gasteiger partial charge on any atom is -0.497 e. The number of likely N-dealkylation sites (tertiary alicyclic amines) is 1. The number of nitrogens with zero attached hydrogens (tertiary/aromatic N) is 1. The number of carbonyl (C=O) groups excluding carboxylic acids is 1. The van der Waals surface area contributed by atoms with Gasteiger partial charge in [0.25, 0.3) is 0 Å². The quantitative estimate of drug-likeness (QED) is 0.738. The van der Waals surface area contributed by atoms with Crippen molar-refractivity contribution in [1.29, 1.82) is 0 Å². The van der Waals surface area contributed by atoms with Gasteiger partial charge in [-0.15, -0.1) is 0 Å². The van der Waals surface area contributed by atoms with Gasteiger partial charge in [-0.2, -0.15) is 0 Å². The predicted molar refractivity (Wildman–Crippen MR) is 105 cm³/mol. The molecule has 0 aliphatic carbocycles. The van der Waals surface area contributed by atoms with E-state index in [1.54, 1.807) is 7.11 Å². The van der Waals surface area contributed by atoms with Crippen LogP contribution in [0.25, 0.3) is 0 Å². The summed E-state index contributed by atoms with van der Waals surface area (Å²) in [5.74, 6) is 1.15. The molecule has 142 valence electrons. The smallest absolute Gasteiger partial charge is 0.226 e. The number of methoxy groups -OCH3 is 1. The molecule has 1 saturated heterocycles. The highest BCUT2D eigenvalue weighted by Gasteiger charge is 2.41. The van der Waals surface area contributed by atoms with Crippen LogP contribution in [0.15, 0.2) is 46.9 Å². The molecule has 0 saturated carbocycles. The fraction of sp³-hybridized carbons (Fsp3) is 0.381. The molecule has 1 spiro atoms. The maximum Gasteiger partial charge on any atom is 0.226 e. The summed E-state index contributed by atoms with van der Waals surface area (Å²) in [5, 5.41) is 0. The third-order valence-corrected chi connectivity index (χ3v) is 5.67. The third kappa shape index (κ3) is 3.96.